The maximum absolute atomic E-state index is 12.7. The van der Waals surface area contributed by atoms with E-state index in [1.165, 1.54) is 5.69 Å². The summed E-state index contributed by atoms with van der Waals surface area (Å²) in [4.78, 5) is 24.8. The fraction of sp³-hybridized carbons (Fsp3) is 0.273. The van der Waals surface area contributed by atoms with Crippen molar-refractivity contribution in [1.82, 2.24) is 9.97 Å². The third-order valence-electron chi connectivity index (χ3n) is 5.27. The van der Waals surface area contributed by atoms with E-state index in [4.69, 9.17) is 10.7 Å². The van der Waals surface area contributed by atoms with Gasteiger partial charge >= 0.3 is 0 Å². The molecule has 6 heteroatoms. The molecule has 0 bridgehead atoms. The Labute approximate surface area is 164 Å². The first-order valence-corrected chi connectivity index (χ1v) is 9.59. The summed E-state index contributed by atoms with van der Waals surface area (Å²) in [5.41, 5.74) is 10.3. The number of aryl methyl sites for hydroxylation is 1. The number of nitrogens with two attached hydrogens (primary N) is 1. The van der Waals surface area contributed by atoms with Crippen LogP contribution in [0.3, 0.4) is 0 Å². The summed E-state index contributed by atoms with van der Waals surface area (Å²) < 4.78 is 0. The molecule has 28 heavy (non-hydrogen) atoms. The van der Waals surface area contributed by atoms with Gasteiger partial charge in [0.05, 0.1) is 5.69 Å². The van der Waals surface area contributed by atoms with Gasteiger partial charge in [0, 0.05) is 49.5 Å². The Hall–Kier alpha value is -3.28. The van der Waals surface area contributed by atoms with Crippen molar-refractivity contribution in [3.63, 3.8) is 0 Å². The quantitative estimate of drug-likeness (QED) is 0.686. The Morgan fingerprint density at radius 2 is 1.61 bits per heavy atom. The van der Waals surface area contributed by atoms with Crippen LogP contribution < -0.4 is 21.1 Å². The number of rotatable bonds is 4. The number of H-pyrrole nitrogens is 1. The largest absolute Gasteiger partial charge is 0.399 e. The molecule has 1 aliphatic rings. The second-order valence-corrected chi connectivity index (χ2v) is 7.18. The van der Waals surface area contributed by atoms with Crippen molar-refractivity contribution in [3.8, 4) is 0 Å². The van der Waals surface area contributed by atoms with Crippen LogP contribution in [0.1, 0.15) is 16.8 Å². The minimum Gasteiger partial charge on any atom is -0.399 e. The molecule has 2 aromatic carbocycles. The summed E-state index contributed by atoms with van der Waals surface area (Å²) in [5.74, 6) is 0.663. The average Bonchev–Trinajstić information content (AvgIpc) is 2.72. The highest BCUT2D eigenvalue weighted by Gasteiger charge is 2.20. The van der Waals surface area contributed by atoms with Crippen LogP contribution in [0.2, 0.25) is 0 Å². The van der Waals surface area contributed by atoms with E-state index in [9.17, 15) is 4.79 Å². The number of anilines is 3. The van der Waals surface area contributed by atoms with Gasteiger partial charge in [0.2, 0.25) is 5.95 Å². The van der Waals surface area contributed by atoms with E-state index in [-0.39, 0.29) is 5.56 Å². The molecule has 0 unspecified atom stereocenters. The van der Waals surface area contributed by atoms with Crippen LogP contribution in [0.4, 0.5) is 17.3 Å². The highest BCUT2D eigenvalue weighted by atomic mass is 16.1. The second kappa shape index (κ2) is 7.76. The molecule has 0 spiro atoms. The van der Waals surface area contributed by atoms with Crippen molar-refractivity contribution in [2.24, 2.45) is 0 Å². The van der Waals surface area contributed by atoms with Crippen LogP contribution in [0, 0.1) is 6.92 Å². The molecule has 1 fully saturated rings. The summed E-state index contributed by atoms with van der Waals surface area (Å²) in [6.45, 7) is 5.29. The maximum Gasteiger partial charge on any atom is 0.256 e. The summed E-state index contributed by atoms with van der Waals surface area (Å²) in [7, 11) is 0. The molecule has 0 amide bonds. The lowest BCUT2D eigenvalue weighted by Crippen LogP contribution is -2.47. The molecule has 0 saturated carbocycles. The summed E-state index contributed by atoms with van der Waals surface area (Å²) >= 11 is 0. The predicted molar refractivity (Wildman–Crippen MR) is 114 cm³/mol. The Morgan fingerprint density at radius 3 is 2.25 bits per heavy atom. The highest BCUT2D eigenvalue weighted by molar-refractivity contribution is 5.54. The highest BCUT2D eigenvalue weighted by Crippen LogP contribution is 2.20. The molecule has 1 aliphatic heterocycles. The molecule has 2 heterocycles. The number of piperazine rings is 1. The lowest BCUT2D eigenvalue weighted by molar-refractivity contribution is 0.637. The van der Waals surface area contributed by atoms with Crippen LogP contribution in [0.25, 0.3) is 0 Å². The van der Waals surface area contributed by atoms with E-state index in [1.807, 2.05) is 61.5 Å². The monoisotopic (exact) mass is 375 g/mol. The fourth-order valence-corrected chi connectivity index (χ4v) is 3.62. The SMILES string of the molecule is Cc1nc(N2CCN(c3ccc(N)cc3)CC2)[nH]c(=O)c1Cc1ccccc1. The molecule has 6 nitrogen and oxygen atoms in total. The zero-order valence-electron chi connectivity index (χ0n) is 16.1. The van der Waals surface area contributed by atoms with Crippen molar-refractivity contribution >= 4 is 17.3 Å². The minimum absolute atomic E-state index is 0.0488. The molecule has 3 aromatic rings. The van der Waals surface area contributed by atoms with E-state index >= 15 is 0 Å². The molecule has 0 aliphatic carbocycles. The molecule has 0 radical (unpaired) electrons. The Morgan fingerprint density at radius 1 is 0.964 bits per heavy atom. The van der Waals surface area contributed by atoms with Gasteiger partial charge in [-0.05, 0) is 36.8 Å². The van der Waals surface area contributed by atoms with Crippen molar-refractivity contribution in [2.75, 3.05) is 41.7 Å². The number of aromatic nitrogens is 2. The predicted octanol–water partition coefficient (Wildman–Crippen LogP) is 2.58. The third-order valence-corrected chi connectivity index (χ3v) is 5.27. The topological polar surface area (TPSA) is 78.2 Å². The van der Waals surface area contributed by atoms with Gasteiger partial charge in [0.15, 0.2) is 0 Å². The molecule has 1 saturated heterocycles. The maximum atomic E-state index is 12.7. The number of aromatic amines is 1. The summed E-state index contributed by atoms with van der Waals surface area (Å²) in [5, 5.41) is 0. The van der Waals surface area contributed by atoms with Gasteiger partial charge in [0.1, 0.15) is 0 Å². The molecule has 3 N–H and O–H groups in total. The van der Waals surface area contributed by atoms with Crippen LogP contribution in [0.5, 0.6) is 0 Å². The molecular formula is C22H25N5O. The first-order valence-electron chi connectivity index (χ1n) is 9.59. The van der Waals surface area contributed by atoms with E-state index in [0.29, 0.717) is 12.4 Å². The number of benzene rings is 2. The lowest BCUT2D eigenvalue weighted by Gasteiger charge is -2.36. The zero-order chi connectivity index (χ0) is 19.5. The Kier molecular flexibility index (Phi) is 5.02. The van der Waals surface area contributed by atoms with Gasteiger partial charge in [-0.25, -0.2) is 4.98 Å². The first kappa shape index (κ1) is 18.1. The molecular weight excluding hydrogens is 350 g/mol. The number of hydrogen-bond acceptors (Lipinski definition) is 5. The van der Waals surface area contributed by atoms with Crippen LogP contribution >= 0.6 is 0 Å². The van der Waals surface area contributed by atoms with Crippen LogP contribution in [-0.4, -0.2) is 36.1 Å². The van der Waals surface area contributed by atoms with Gasteiger partial charge in [-0.2, -0.15) is 0 Å². The van der Waals surface area contributed by atoms with E-state index in [0.717, 1.165) is 48.7 Å². The van der Waals surface area contributed by atoms with Crippen LogP contribution in [0.15, 0.2) is 59.4 Å². The summed E-state index contributed by atoms with van der Waals surface area (Å²) in [6, 6.07) is 18.0. The van der Waals surface area contributed by atoms with Crippen LogP contribution in [-0.2, 0) is 6.42 Å². The number of nitrogens with zero attached hydrogens (tertiary/aromatic N) is 3. The van der Waals surface area contributed by atoms with Gasteiger partial charge in [-0.3, -0.25) is 9.78 Å². The van der Waals surface area contributed by atoms with Crippen molar-refractivity contribution in [1.29, 1.82) is 0 Å². The van der Waals surface area contributed by atoms with E-state index in [1.54, 1.807) is 0 Å². The molecule has 4 rings (SSSR count). The Balaban J connectivity index is 1.47. The summed E-state index contributed by atoms with van der Waals surface area (Å²) in [6.07, 6.45) is 0.597. The fourth-order valence-electron chi connectivity index (χ4n) is 3.62. The zero-order valence-corrected chi connectivity index (χ0v) is 16.1. The number of nitrogen functional groups attached to an aromatic ring is 1. The van der Waals surface area contributed by atoms with Crippen molar-refractivity contribution in [2.45, 2.75) is 13.3 Å². The molecule has 1 aromatic heterocycles. The smallest absolute Gasteiger partial charge is 0.256 e. The lowest BCUT2D eigenvalue weighted by atomic mass is 10.1. The van der Waals surface area contributed by atoms with E-state index in [2.05, 4.69) is 14.8 Å². The van der Waals surface area contributed by atoms with Crippen molar-refractivity contribution in [3.05, 3.63) is 81.8 Å². The first-order chi connectivity index (χ1) is 13.6. The van der Waals surface area contributed by atoms with Gasteiger partial charge in [-0.1, -0.05) is 30.3 Å². The van der Waals surface area contributed by atoms with Gasteiger partial charge < -0.3 is 15.5 Å². The van der Waals surface area contributed by atoms with Crippen molar-refractivity contribution < 1.29 is 0 Å². The second-order valence-electron chi connectivity index (χ2n) is 7.18. The van der Waals surface area contributed by atoms with Gasteiger partial charge in [-0.15, -0.1) is 0 Å². The standard InChI is InChI=1S/C22H25N5O/c1-16-20(15-17-5-3-2-4-6-17)21(28)25-22(24-16)27-13-11-26(12-14-27)19-9-7-18(23)8-10-19/h2-10H,11-15,23H2,1H3,(H,24,25,28). The average molecular weight is 375 g/mol. The Bertz CT molecular complexity index is 990. The molecule has 144 valence electrons. The third kappa shape index (κ3) is 3.86. The molecule has 0 atom stereocenters. The van der Waals surface area contributed by atoms with Gasteiger partial charge in [0.25, 0.3) is 5.56 Å². The number of hydrogen-bond donors (Lipinski definition) is 2. The number of nitrogens with one attached hydrogen (secondary N) is 1. The minimum atomic E-state index is -0.0488. The van der Waals surface area contributed by atoms with E-state index < -0.39 is 0 Å². The normalized spacial score (nSPS) is 14.3.